The van der Waals surface area contributed by atoms with Gasteiger partial charge in [0.05, 0.1) is 16.8 Å². The number of para-hydroxylation sites is 1. The summed E-state index contributed by atoms with van der Waals surface area (Å²) in [6.45, 7) is 9.03. The Hall–Kier alpha value is -5.02. The highest BCUT2D eigenvalue weighted by molar-refractivity contribution is 7.15. The number of rotatable bonds is 12. The van der Waals surface area contributed by atoms with Gasteiger partial charge in [-0.1, -0.05) is 62.0 Å². The number of fused-ring (bicyclic) bond motifs is 1. The molecule has 0 amide bonds. The molecule has 0 unspecified atom stereocenters. The first-order valence-corrected chi connectivity index (χ1v) is 15.5. The third kappa shape index (κ3) is 6.18. The van der Waals surface area contributed by atoms with Gasteiger partial charge in [-0.15, -0.1) is 5.10 Å². The van der Waals surface area contributed by atoms with E-state index in [2.05, 4.69) is 23.6 Å². The van der Waals surface area contributed by atoms with E-state index in [-0.39, 0.29) is 5.56 Å². The monoisotopic (exact) mass is 603 g/mol. The molecule has 0 bridgehead atoms. The average Bonchev–Trinajstić information content (AvgIpc) is 3.74. The van der Waals surface area contributed by atoms with Crippen LogP contribution >= 0.6 is 11.3 Å². The highest BCUT2D eigenvalue weighted by Gasteiger charge is 2.16. The van der Waals surface area contributed by atoms with Gasteiger partial charge in [0.2, 0.25) is 4.96 Å². The highest BCUT2D eigenvalue weighted by Crippen LogP contribution is 2.29. The summed E-state index contributed by atoms with van der Waals surface area (Å²) in [6.07, 6.45) is 8.87. The molecule has 6 rings (SSSR count). The van der Waals surface area contributed by atoms with E-state index in [0.29, 0.717) is 28.5 Å². The minimum Gasteiger partial charge on any atom is -0.494 e. The molecule has 0 aliphatic carbocycles. The van der Waals surface area contributed by atoms with Gasteiger partial charge in [0.15, 0.2) is 5.82 Å². The molecule has 222 valence electrons. The number of hydrogen-bond acceptors (Lipinski definition) is 7. The topological polar surface area (TPSA) is 83.5 Å². The molecule has 0 N–H and O–H groups in total. The second-order valence-corrected chi connectivity index (χ2v) is 11.4. The Labute approximate surface area is 259 Å². The molecule has 8 nitrogen and oxygen atoms in total. The Morgan fingerprint density at radius 2 is 1.75 bits per heavy atom. The third-order valence-corrected chi connectivity index (χ3v) is 8.13. The quantitative estimate of drug-likeness (QED) is 0.115. The molecule has 0 saturated heterocycles. The maximum Gasteiger partial charge on any atom is 0.291 e. The molecular weight excluding hydrogens is 570 g/mol. The van der Waals surface area contributed by atoms with Crippen LogP contribution in [0.4, 0.5) is 0 Å². The van der Waals surface area contributed by atoms with Gasteiger partial charge in [0, 0.05) is 22.9 Å². The van der Waals surface area contributed by atoms with E-state index in [9.17, 15) is 4.79 Å². The standard InChI is InChI=1S/C35H33N5O3S/c1-4-6-10-20-42-29-16-13-25(14-17-29)33-36-35-40(38-33)34(41)31(44-35)22-27-23-39(28-11-8-7-9-12-28)37-32(27)26-15-18-30(24(3)21-26)43-19-5-2/h5,7-9,11-18,21-23H,2,4,6,10,19-20H2,1,3H3. The second kappa shape index (κ2) is 13.1. The van der Waals surface area contributed by atoms with Crippen LogP contribution in [0.15, 0.2) is 96.4 Å². The Kier molecular flexibility index (Phi) is 8.65. The first-order chi connectivity index (χ1) is 21.5. The van der Waals surface area contributed by atoms with Crippen molar-refractivity contribution in [2.75, 3.05) is 13.2 Å². The summed E-state index contributed by atoms with van der Waals surface area (Å²) in [5, 5.41) is 9.46. The lowest BCUT2D eigenvalue weighted by Gasteiger charge is -2.08. The largest absolute Gasteiger partial charge is 0.494 e. The van der Waals surface area contributed by atoms with E-state index in [4.69, 9.17) is 14.6 Å². The van der Waals surface area contributed by atoms with Crippen LogP contribution in [0.1, 0.15) is 37.3 Å². The van der Waals surface area contributed by atoms with Crippen molar-refractivity contribution in [1.82, 2.24) is 24.4 Å². The molecule has 0 aliphatic rings. The number of thiazole rings is 1. The van der Waals surface area contributed by atoms with Crippen LogP contribution < -0.4 is 19.6 Å². The summed E-state index contributed by atoms with van der Waals surface area (Å²) < 4.78 is 15.3. The van der Waals surface area contributed by atoms with Gasteiger partial charge in [-0.3, -0.25) is 4.79 Å². The highest BCUT2D eigenvalue weighted by atomic mass is 32.1. The average molecular weight is 604 g/mol. The minimum absolute atomic E-state index is 0.220. The van der Waals surface area contributed by atoms with Gasteiger partial charge in [-0.05, 0) is 79.6 Å². The van der Waals surface area contributed by atoms with Crippen molar-refractivity contribution in [1.29, 1.82) is 0 Å². The Morgan fingerprint density at radius 3 is 2.48 bits per heavy atom. The summed E-state index contributed by atoms with van der Waals surface area (Å²) in [6, 6.07) is 23.5. The normalized spacial score (nSPS) is 11.7. The fraction of sp³-hybridized carbons (Fsp3) is 0.200. The first-order valence-electron chi connectivity index (χ1n) is 14.7. The number of nitrogens with zero attached hydrogens (tertiary/aromatic N) is 5. The maximum atomic E-state index is 13.5. The van der Waals surface area contributed by atoms with Gasteiger partial charge in [-0.2, -0.15) is 14.6 Å². The zero-order chi connectivity index (χ0) is 30.5. The number of hydrogen-bond donors (Lipinski definition) is 0. The number of unbranched alkanes of at least 4 members (excludes halogenated alkanes) is 2. The predicted molar refractivity (Wildman–Crippen MR) is 176 cm³/mol. The van der Waals surface area contributed by atoms with Crippen LogP contribution in [-0.4, -0.2) is 37.6 Å². The smallest absolute Gasteiger partial charge is 0.291 e. The molecule has 3 aromatic heterocycles. The zero-order valence-corrected chi connectivity index (χ0v) is 25.6. The lowest BCUT2D eigenvalue weighted by Crippen LogP contribution is -2.23. The summed E-state index contributed by atoms with van der Waals surface area (Å²) in [7, 11) is 0. The molecule has 0 radical (unpaired) electrons. The fourth-order valence-electron chi connectivity index (χ4n) is 4.88. The molecule has 3 heterocycles. The van der Waals surface area contributed by atoms with Crippen molar-refractivity contribution in [3.8, 4) is 39.8 Å². The van der Waals surface area contributed by atoms with Crippen molar-refractivity contribution in [3.63, 3.8) is 0 Å². The minimum atomic E-state index is -0.220. The molecular formula is C35H33N5O3S. The van der Waals surface area contributed by atoms with E-state index >= 15 is 0 Å². The van der Waals surface area contributed by atoms with Gasteiger partial charge in [0.1, 0.15) is 23.8 Å². The van der Waals surface area contributed by atoms with Crippen LogP contribution in [0.2, 0.25) is 0 Å². The van der Waals surface area contributed by atoms with Crippen LogP contribution in [0, 0.1) is 6.92 Å². The Bertz CT molecular complexity index is 2010. The first kappa shape index (κ1) is 29.1. The Balaban J connectivity index is 1.34. The van der Waals surface area contributed by atoms with Crippen molar-refractivity contribution < 1.29 is 9.47 Å². The van der Waals surface area contributed by atoms with E-state index < -0.39 is 0 Å². The zero-order valence-electron chi connectivity index (χ0n) is 24.8. The molecule has 6 aromatic rings. The lowest BCUT2D eigenvalue weighted by atomic mass is 10.0. The summed E-state index contributed by atoms with van der Waals surface area (Å²) in [5.74, 6) is 2.11. The number of aryl methyl sites for hydroxylation is 1. The number of ether oxygens (including phenoxy) is 2. The van der Waals surface area contributed by atoms with Crippen LogP contribution in [0.25, 0.3) is 39.4 Å². The van der Waals surface area contributed by atoms with Crippen LogP contribution in [0.5, 0.6) is 11.5 Å². The molecule has 0 atom stereocenters. The van der Waals surface area contributed by atoms with E-state index in [1.54, 1.807) is 6.08 Å². The molecule has 0 fully saturated rings. The fourth-order valence-corrected chi connectivity index (χ4v) is 5.78. The molecule has 0 saturated carbocycles. The summed E-state index contributed by atoms with van der Waals surface area (Å²) >= 11 is 1.31. The van der Waals surface area contributed by atoms with Crippen molar-refractivity contribution in [3.05, 3.63) is 118 Å². The third-order valence-electron chi connectivity index (χ3n) is 7.17. The van der Waals surface area contributed by atoms with Crippen LogP contribution in [0.3, 0.4) is 0 Å². The van der Waals surface area contributed by atoms with Gasteiger partial charge in [0.25, 0.3) is 5.56 Å². The predicted octanol–water partition coefficient (Wildman–Crippen LogP) is 6.66. The van der Waals surface area contributed by atoms with Crippen molar-refractivity contribution >= 4 is 22.4 Å². The van der Waals surface area contributed by atoms with Gasteiger partial charge >= 0.3 is 0 Å². The second-order valence-electron chi connectivity index (χ2n) is 10.4. The molecule has 44 heavy (non-hydrogen) atoms. The maximum absolute atomic E-state index is 13.5. The lowest BCUT2D eigenvalue weighted by molar-refractivity contribution is 0.306. The van der Waals surface area contributed by atoms with E-state index in [1.807, 2.05) is 96.7 Å². The van der Waals surface area contributed by atoms with E-state index in [1.165, 1.54) is 15.9 Å². The number of benzene rings is 3. The van der Waals surface area contributed by atoms with Crippen molar-refractivity contribution in [2.24, 2.45) is 0 Å². The van der Waals surface area contributed by atoms with Crippen molar-refractivity contribution in [2.45, 2.75) is 33.1 Å². The van der Waals surface area contributed by atoms with E-state index in [0.717, 1.165) is 64.4 Å². The van der Waals surface area contributed by atoms with Crippen LogP contribution in [-0.2, 0) is 0 Å². The van der Waals surface area contributed by atoms with Gasteiger partial charge < -0.3 is 9.47 Å². The summed E-state index contributed by atoms with van der Waals surface area (Å²) in [4.78, 5) is 18.7. The Morgan fingerprint density at radius 1 is 0.955 bits per heavy atom. The molecule has 3 aromatic carbocycles. The van der Waals surface area contributed by atoms with Gasteiger partial charge in [-0.25, -0.2) is 4.68 Å². The summed E-state index contributed by atoms with van der Waals surface area (Å²) in [5.41, 5.74) is 4.99. The SMILES string of the molecule is C=CCOc1ccc(-c2nn(-c3ccccc3)cc2C=c2sc3nc(-c4ccc(OCCCCC)cc4)nn3c2=O)cc1C. The molecule has 9 heteroatoms. The molecule has 0 spiro atoms. The number of aromatic nitrogens is 5. The molecule has 0 aliphatic heterocycles.